The minimum atomic E-state index is -0.735. The number of fused-ring (bicyclic) bond motifs is 1. The third-order valence-corrected chi connectivity index (χ3v) is 4.87. The molecule has 1 aliphatic heterocycles. The van der Waals surface area contributed by atoms with Gasteiger partial charge in [-0.1, -0.05) is 31.0 Å². The number of hydrogen-bond acceptors (Lipinski definition) is 3. The van der Waals surface area contributed by atoms with Crippen molar-refractivity contribution in [2.45, 2.75) is 48.7 Å². The van der Waals surface area contributed by atoms with Gasteiger partial charge in [-0.05, 0) is 30.9 Å². The molecule has 4 nitrogen and oxygen atoms in total. The summed E-state index contributed by atoms with van der Waals surface area (Å²) in [5.74, 6) is -0.622. The number of nitrogens with one attached hydrogen (secondary N) is 1. The lowest BCUT2D eigenvalue weighted by atomic mass is 10.1. The number of aliphatic carboxylic acids is 1. The zero-order valence-corrected chi connectivity index (χ0v) is 12.8. The van der Waals surface area contributed by atoms with Crippen molar-refractivity contribution in [2.24, 2.45) is 0 Å². The van der Waals surface area contributed by atoms with Gasteiger partial charge in [-0.25, -0.2) is 0 Å². The van der Waals surface area contributed by atoms with E-state index in [2.05, 4.69) is 17.4 Å². The fourth-order valence-corrected chi connectivity index (χ4v) is 3.63. The van der Waals surface area contributed by atoms with E-state index in [1.807, 2.05) is 12.1 Å². The van der Waals surface area contributed by atoms with Gasteiger partial charge in [0.15, 0.2) is 0 Å². The number of carbonyl (C=O) groups excluding carboxylic acids is 1. The minimum Gasteiger partial charge on any atom is -0.481 e. The van der Waals surface area contributed by atoms with Gasteiger partial charge in [-0.3, -0.25) is 9.59 Å². The van der Waals surface area contributed by atoms with Crippen molar-refractivity contribution in [1.82, 2.24) is 5.32 Å². The number of benzene rings is 1. The van der Waals surface area contributed by atoms with Crippen LogP contribution in [0.15, 0.2) is 29.2 Å². The predicted octanol–water partition coefficient (Wildman–Crippen LogP) is 2.85. The van der Waals surface area contributed by atoms with Crippen LogP contribution in [0.3, 0.4) is 0 Å². The first kappa shape index (κ1) is 15.9. The zero-order chi connectivity index (χ0) is 15.1. The SMILES string of the molecule is O=C(O)CCCCCCNC(=O)C1Cc2ccccc2S1. The lowest BCUT2D eigenvalue weighted by molar-refractivity contribution is -0.137. The van der Waals surface area contributed by atoms with E-state index in [-0.39, 0.29) is 17.6 Å². The maximum atomic E-state index is 12.1. The van der Waals surface area contributed by atoms with Crippen LogP contribution >= 0.6 is 11.8 Å². The van der Waals surface area contributed by atoms with Gasteiger partial charge in [0, 0.05) is 17.9 Å². The highest BCUT2D eigenvalue weighted by Crippen LogP contribution is 2.36. The molecule has 1 heterocycles. The Bertz CT molecular complexity index is 479. The summed E-state index contributed by atoms with van der Waals surface area (Å²) in [5, 5.41) is 11.5. The summed E-state index contributed by atoms with van der Waals surface area (Å²) < 4.78 is 0. The number of thioether (sulfide) groups is 1. The topological polar surface area (TPSA) is 66.4 Å². The van der Waals surface area contributed by atoms with Crippen LogP contribution in [0.4, 0.5) is 0 Å². The molecule has 1 aliphatic rings. The first-order valence-electron chi connectivity index (χ1n) is 7.41. The van der Waals surface area contributed by atoms with E-state index < -0.39 is 5.97 Å². The first-order valence-corrected chi connectivity index (χ1v) is 8.29. The Hall–Kier alpha value is -1.49. The van der Waals surface area contributed by atoms with Crippen LogP contribution in [-0.4, -0.2) is 28.8 Å². The lowest BCUT2D eigenvalue weighted by Gasteiger charge is -2.09. The van der Waals surface area contributed by atoms with Gasteiger partial charge in [0.2, 0.25) is 5.91 Å². The van der Waals surface area contributed by atoms with Crippen LogP contribution < -0.4 is 5.32 Å². The van der Waals surface area contributed by atoms with Gasteiger partial charge in [-0.2, -0.15) is 0 Å². The molecular weight excluding hydrogens is 286 g/mol. The monoisotopic (exact) mass is 307 g/mol. The molecule has 0 bridgehead atoms. The third kappa shape index (κ3) is 5.08. The van der Waals surface area contributed by atoms with E-state index >= 15 is 0 Å². The summed E-state index contributed by atoms with van der Waals surface area (Å²) in [5.41, 5.74) is 1.26. The standard InChI is InChI=1S/C16H21NO3S/c18-15(19)9-3-1-2-6-10-17-16(20)14-11-12-7-4-5-8-13(12)21-14/h4-5,7-8,14H,1-3,6,9-11H2,(H,17,20)(H,18,19). The molecule has 1 unspecified atom stereocenters. The van der Waals surface area contributed by atoms with Gasteiger partial charge in [0.1, 0.15) is 0 Å². The second-order valence-corrected chi connectivity index (χ2v) is 6.51. The van der Waals surface area contributed by atoms with E-state index in [0.29, 0.717) is 6.54 Å². The van der Waals surface area contributed by atoms with E-state index in [4.69, 9.17) is 5.11 Å². The van der Waals surface area contributed by atoms with E-state index in [9.17, 15) is 9.59 Å². The molecule has 114 valence electrons. The van der Waals surface area contributed by atoms with E-state index in [0.717, 1.165) is 32.1 Å². The van der Waals surface area contributed by atoms with Crippen LogP contribution in [0.5, 0.6) is 0 Å². The number of rotatable bonds is 8. The Balaban J connectivity index is 1.58. The third-order valence-electron chi connectivity index (χ3n) is 3.56. The van der Waals surface area contributed by atoms with E-state index in [1.54, 1.807) is 11.8 Å². The summed E-state index contributed by atoms with van der Waals surface area (Å²) in [7, 11) is 0. The molecule has 21 heavy (non-hydrogen) atoms. The van der Waals surface area contributed by atoms with Crippen molar-refractivity contribution in [3.8, 4) is 0 Å². The van der Waals surface area contributed by atoms with E-state index in [1.165, 1.54) is 10.5 Å². The summed E-state index contributed by atoms with van der Waals surface area (Å²) in [6.07, 6.45) is 4.55. The van der Waals surface area contributed by atoms with Crippen LogP contribution in [0, 0.1) is 0 Å². The Morgan fingerprint density at radius 2 is 1.95 bits per heavy atom. The second-order valence-electron chi connectivity index (χ2n) is 5.27. The van der Waals surface area contributed by atoms with Gasteiger partial charge in [0.25, 0.3) is 0 Å². The molecule has 1 aromatic carbocycles. The Labute approximate surface area is 129 Å². The fraction of sp³-hybridized carbons (Fsp3) is 0.500. The van der Waals surface area contributed by atoms with Crippen LogP contribution in [0.25, 0.3) is 0 Å². The maximum Gasteiger partial charge on any atom is 0.303 e. The molecule has 0 spiro atoms. The average molecular weight is 307 g/mol. The maximum absolute atomic E-state index is 12.1. The highest BCUT2D eigenvalue weighted by Gasteiger charge is 2.27. The molecule has 2 rings (SSSR count). The van der Waals surface area contributed by atoms with Crippen LogP contribution in [0.2, 0.25) is 0 Å². The number of carboxylic acid groups (broad SMARTS) is 1. The molecule has 0 aromatic heterocycles. The number of amides is 1. The molecule has 5 heteroatoms. The molecule has 2 N–H and O–H groups in total. The Morgan fingerprint density at radius 1 is 1.19 bits per heavy atom. The summed E-state index contributed by atoms with van der Waals surface area (Å²) in [4.78, 5) is 23.7. The summed E-state index contributed by atoms with van der Waals surface area (Å²) in [6, 6.07) is 8.16. The highest BCUT2D eigenvalue weighted by atomic mass is 32.2. The largest absolute Gasteiger partial charge is 0.481 e. The van der Waals surface area contributed by atoms with Gasteiger partial charge in [0.05, 0.1) is 5.25 Å². The molecular formula is C16H21NO3S. The minimum absolute atomic E-state index is 0.00518. The fourth-order valence-electron chi connectivity index (χ4n) is 2.41. The molecule has 0 radical (unpaired) electrons. The Kier molecular flexibility index (Phi) is 6.11. The highest BCUT2D eigenvalue weighted by molar-refractivity contribution is 8.01. The number of carbonyl (C=O) groups is 2. The molecule has 0 saturated carbocycles. The van der Waals surface area contributed by atoms with Crippen LogP contribution in [0.1, 0.15) is 37.7 Å². The van der Waals surface area contributed by atoms with Crippen molar-refractivity contribution in [3.63, 3.8) is 0 Å². The normalized spacial score (nSPS) is 16.5. The quantitative estimate of drug-likeness (QED) is 0.725. The first-order chi connectivity index (χ1) is 10.2. The van der Waals surface area contributed by atoms with Gasteiger partial charge >= 0.3 is 5.97 Å². The summed E-state index contributed by atoms with van der Waals surface area (Å²) >= 11 is 1.64. The average Bonchev–Trinajstić information content (AvgIpc) is 2.89. The van der Waals surface area contributed by atoms with Crippen LogP contribution in [-0.2, 0) is 16.0 Å². The summed E-state index contributed by atoms with van der Waals surface area (Å²) in [6.45, 7) is 0.680. The van der Waals surface area contributed by atoms with Gasteiger partial charge in [-0.15, -0.1) is 11.8 Å². The van der Waals surface area contributed by atoms with Crippen molar-refractivity contribution < 1.29 is 14.7 Å². The van der Waals surface area contributed by atoms with Crippen molar-refractivity contribution >= 4 is 23.6 Å². The second kappa shape index (κ2) is 8.08. The molecule has 0 aliphatic carbocycles. The lowest BCUT2D eigenvalue weighted by Crippen LogP contribution is -2.33. The van der Waals surface area contributed by atoms with Crippen molar-refractivity contribution in [3.05, 3.63) is 29.8 Å². The molecule has 1 atom stereocenters. The van der Waals surface area contributed by atoms with Crippen molar-refractivity contribution in [2.75, 3.05) is 6.54 Å². The zero-order valence-electron chi connectivity index (χ0n) is 12.0. The number of hydrogen-bond donors (Lipinski definition) is 2. The molecule has 1 aromatic rings. The molecule has 0 fully saturated rings. The molecule has 0 saturated heterocycles. The smallest absolute Gasteiger partial charge is 0.303 e. The van der Waals surface area contributed by atoms with Gasteiger partial charge < -0.3 is 10.4 Å². The number of unbranched alkanes of at least 4 members (excludes halogenated alkanes) is 3. The number of carboxylic acids is 1. The Morgan fingerprint density at radius 3 is 2.71 bits per heavy atom. The van der Waals surface area contributed by atoms with Crippen molar-refractivity contribution in [1.29, 1.82) is 0 Å². The molecule has 1 amide bonds. The predicted molar refractivity (Wildman–Crippen MR) is 83.5 cm³/mol.